The van der Waals surface area contributed by atoms with E-state index in [2.05, 4.69) is 10.1 Å². The van der Waals surface area contributed by atoms with Gasteiger partial charge < -0.3 is 9.30 Å². The third-order valence-electron chi connectivity index (χ3n) is 4.59. The van der Waals surface area contributed by atoms with Crippen LogP contribution in [0.1, 0.15) is 11.1 Å². The van der Waals surface area contributed by atoms with Crippen molar-refractivity contribution in [2.75, 3.05) is 0 Å². The van der Waals surface area contributed by atoms with Crippen LogP contribution in [0.5, 0.6) is 11.5 Å². The molecule has 0 atom stereocenters. The van der Waals surface area contributed by atoms with Gasteiger partial charge in [0, 0.05) is 6.07 Å². The first-order valence-corrected chi connectivity index (χ1v) is 10.2. The first kappa shape index (κ1) is 21.6. The van der Waals surface area contributed by atoms with Crippen LogP contribution in [0, 0.1) is 6.92 Å². The van der Waals surface area contributed by atoms with Crippen molar-refractivity contribution in [2.24, 2.45) is 0 Å². The maximum Gasteiger partial charge on any atom is 0.349 e. The van der Waals surface area contributed by atoms with E-state index in [1.165, 1.54) is 28.8 Å². The second-order valence-electron chi connectivity index (χ2n) is 7.01. The second-order valence-corrected chi connectivity index (χ2v) is 7.82. The van der Waals surface area contributed by atoms with E-state index in [1.54, 1.807) is 6.20 Å². The predicted octanol–water partition coefficient (Wildman–Crippen LogP) is 3.54. The van der Waals surface area contributed by atoms with Gasteiger partial charge in [-0.15, -0.1) is 0 Å². The van der Waals surface area contributed by atoms with Crippen molar-refractivity contribution in [2.45, 2.75) is 13.5 Å². The lowest BCUT2D eigenvalue weighted by Gasteiger charge is -2.13. The number of hydrogen-bond acceptors (Lipinski definition) is 5. The minimum absolute atomic E-state index is 0.115. The summed E-state index contributed by atoms with van der Waals surface area (Å²) in [4.78, 5) is 37.6. The molecule has 2 aromatic carbocycles. The van der Waals surface area contributed by atoms with Gasteiger partial charge in [0.2, 0.25) is 0 Å². The number of aromatic nitrogens is 4. The van der Waals surface area contributed by atoms with Crippen LogP contribution >= 0.6 is 23.2 Å². The quantitative estimate of drug-likeness (QED) is 0.480. The van der Waals surface area contributed by atoms with Crippen molar-refractivity contribution in [3.63, 3.8) is 0 Å². The number of benzene rings is 2. The van der Waals surface area contributed by atoms with Crippen molar-refractivity contribution in [1.82, 2.24) is 19.3 Å². The van der Waals surface area contributed by atoms with Crippen molar-refractivity contribution < 1.29 is 4.74 Å². The molecule has 0 saturated heterocycles. The number of hydrogen-bond donors (Lipinski definition) is 1. The molecule has 0 aliphatic rings. The molecule has 0 aliphatic carbocycles. The highest BCUT2D eigenvalue weighted by atomic mass is 35.5. The molecule has 8 nitrogen and oxygen atoms in total. The van der Waals surface area contributed by atoms with Crippen LogP contribution in [0.4, 0.5) is 0 Å². The maximum absolute atomic E-state index is 12.3. The van der Waals surface area contributed by atoms with E-state index in [9.17, 15) is 14.4 Å². The number of pyridine rings is 1. The predicted molar refractivity (Wildman–Crippen MR) is 122 cm³/mol. The van der Waals surface area contributed by atoms with Gasteiger partial charge in [-0.25, -0.2) is 4.79 Å². The van der Waals surface area contributed by atoms with E-state index >= 15 is 0 Å². The smallest absolute Gasteiger partial charge is 0.349 e. The zero-order valence-electron chi connectivity index (χ0n) is 16.7. The molecule has 32 heavy (non-hydrogen) atoms. The van der Waals surface area contributed by atoms with E-state index in [1.807, 2.05) is 31.2 Å². The van der Waals surface area contributed by atoms with E-state index in [4.69, 9.17) is 27.9 Å². The van der Waals surface area contributed by atoms with Gasteiger partial charge in [0.25, 0.3) is 11.1 Å². The van der Waals surface area contributed by atoms with E-state index in [0.29, 0.717) is 12.3 Å². The van der Waals surface area contributed by atoms with Crippen molar-refractivity contribution in [3.05, 3.63) is 113 Å². The van der Waals surface area contributed by atoms with Crippen molar-refractivity contribution >= 4 is 23.2 Å². The fourth-order valence-corrected chi connectivity index (χ4v) is 3.56. The lowest BCUT2D eigenvalue weighted by Crippen LogP contribution is -2.30. The van der Waals surface area contributed by atoms with Crippen LogP contribution in [0.25, 0.3) is 5.69 Å². The SMILES string of the molecule is Cc1ccc(Cn2cc(Oc3c(Cl)cc(-n4ncc(=O)[nH]c4=O)cc3Cl)ccc2=O)cc1. The highest BCUT2D eigenvalue weighted by molar-refractivity contribution is 6.37. The van der Waals surface area contributed by atoms with Crippen LogP contribution in [0.15, 0.2) is 75.3 Å². The zero-order valence-corrected chi connectivity index (χ0v) is 18.2. The van der Waals surface area contributed by atoms with Crippen LogP contribution in [-0.4, -0.2) is 19.3 Å². The summed E-state index contributed by atoms with van der Waals surface area (Å²) in [5.74, 6) is 0.502. The molecule has 0 spiro atoms. The molecule has 2 aromatic heterocycles. The molecule has 10 heteroatoms. The Morgan fingerprint density at radius 1 is 1.00 bits per heavy atom. The fourth-order valence-electron chi connectivity index (χ4n) is 3.00. The molecule has 0 fully saturated rings. The summed E-state index contributed by atoms with van der Waals surface area (Å²) in [6.45, 7) is 2.37. The summed E-state index contributed by atoms with van der Waals surface area (Å²) in [5.41, 5.74) is 0.803. The number of nitrogens with zero attached hydrogens (tertiary/aromatic N) is 3. The lowest BCUT2D eigenvalue weighted by molar-refractivity contribution is 0.474. The second kappa shape index (κ2) is 8.86. The topological polar surface area (TPSA) is 99.0 Å². The number of halogens is 2. The third kappa shape index (κ3) is 4.66. The average molecular weight is 471 g/mol. The van der Waals surface area contributed by atoms with Crippen molar-refractivity contribution in [3.8, 4) is 17.2 Å². The molecule has 0 unspecified atom stereocenters. The molecule has 1 N–H and O–H groups in total. The molecular formula is C22H16Cl2N4O4. The Balaban J connectivity index is 1.64. The highest BCUT2D eigenvalue weighted by Crippen LogP contribution is 2.37. The van der Waals surface area contributed by atoms with Crippen LogP contribution in [-0.2, 0) is 6.54 Å². The molecule has 0 amide bonds. The summed E-state index contributed by atoms with van der Waals surface area (Å²) in [7, 11) is 0. The Labute approximate surface area is 191 Å². The summed E-state index contributed by atoms with van der Waals surface area (Å²) >= 11 is 12.7. The normalized spacial score (nSPS) is 10.8. The summed E-state index contributed by atoms with van der Waals surface area (Å²) in [6, 6.07) is 13.6. The molecule has 0 bridgehead atoms. The molecule has 0 radical (unpaired) electrons. The Bertz CT molecular complexity index is 1450. The first-order chi connectivity index (χ1) is 15.3. The molecule has 2 heterocycles. The Kier molecular flexibility index (Phi) is 5.98. The lowest BCUT2D eigenvalue weighted by atomic mass is 10.1. The van der Waals surface area contributed by atoms with Gasteiger partial charge in [-0.3, -0.25) is 14.6 Å². The van der Waals surface area contributed by atoms with Gasteiger partial charge in [-0.2, -0.15) is 9.78 Å². The molecular weight excluding hydrogens is 455 g/mol. The number of aromatic amines is 1. The molecule has 0 aliphatic heterocycles. The first-order valence-electron chi connectivity index (χ1n) is 9.42. The number of aryl methyl sites for hydroxylation is 1. The van der Waals surface area contributed by atoms with Gasteiger partial charge in [-0.05, 0) is 30.7 Å². The van der Waals surface area contributed by atoms with E-state index in [-0.39, 0.29) is 27.0 Å². The fraction of sp³-hybridized carbons (Fsp3) is 0.0909. The molecule has 0 saturated carbocycles. The summed E-state index contributed by atoms with van der Waals surface area (Å²) in [5, 5.41) is 4.00. The van der Waals surface area contributed by atoms with E-state index in [0.717, 1.165) is 22.0 Å². The van der Waals surface area contributed by atoms with Crippen molar-refractivity contribution in [1.29, 1.82) is 0 Å². The summed E-state index contributed by atoms with van der Waals surface area (Å²) in [6.07, 6.45) is 2.53. The monoisotopic (exact) mass is 470 g/mol. The zero-order chi connectivity index (χ0) is 22.8. The maximum atomic E-state index is 12.3. The Morgan fingerprint density at radius 2 is 1.69 bits per heavy atom. The number of ether oxygens (including phenoxy) is 1. The molecule has 162 valence electrons. The Morgan fingerprint density at radius 3 is 2.34 bits per heavy atom. The standard InChI is InChI=1S/C22H16Cl2N4O4/c1-13-2-4-14(5-3-13)11-27-12-16(6-7-20(27)30)32-21-17(23)8-15(9-18(21)24)28-22(31)26-19(29)10-25-28/h2-10,12H,11H2,1H3,(H,26,29,31). The van der Waals surface area contributed by atoms with Crippen LogP contribution < -0.4 is 21.5 Å². The van der Waals surface area contributed by atoms with Gasteiger partial charge >= 0.3 is 5.69 Å². The minimum atomic E-state index is -0.735. The number of H-pyrrole nitrogens is 1. The largest absolute Gasteiger partial charge is 0.453 e. The summed E-state index contributed by atoms with van der Waals surface area (Å²) < 4.78 is 8.31. The molecule has 4 aromatic rings. The third-order valence-corrected chi connectivity index (χ3v) is 5.15. The average Bonchev–Trinajstić information content (AvgIpc) is 2.74. The van der Waals surface area contributed by atoms with Gasteiger partial charge in [-0.1, -0.05) is 53.0 Å². The highest BCUT2D eigenvalue weighted by Gasteiger charge is 2.14. The number of nitrogens with one attached hydrogen (secondary N) is 1. The minimum Gasteiger partial charge on any atom is -0.453 e. The van der Waals surface area contributed by atoms with Crippen LogP contribution in [0.3, 0.4) is 0 Å². The number of rotatable bonds is 5. The van der Waals surface area contributed by atoms with Gasteiger partial charge in [0.05, 0.1) is 28.5 Å². The van der Waals surface area contributed by atoms with E-state index < -0.39 is 11.2 Å². The van der Waals surface area contributed by atoms with Crippen LogP contribution in [0.2, 0.25) is 10.0 Å². The molecule has 4 rings (SSSR count). The van der Waals surface area contributed by atoms with Gasteiger partial charge in [0.1, 0.15) is 11.9 Å². The van der Waals surface area contributed by atoms with Gasteiger partial charge in [0.15, 0.2) is 5.75 Å². The Hall–Kier alpha value is -3.62.